The summed E-state index contributed by atoms with van der Waals surface area (Å²) in [7, 11) is 3.48. The molecule has 3 amide bonds. The summed E-state index contributed by atoms with van der Waals surface area (Å²) in [6.07, 6.45) is 1.88. The Morgan fingerprint density at radius 1 is 1.11 bits per heavy atom. The third kappa shape index (κ3) is 4.76. The average Bonchev–Trinajstić information content (AvgIpc) is 2.70. The first-order valence-electron chi connectivity index (χ1n) is 9.42. The van der Waals surface area contributed by atoms with Gasteiger partial charge in [-0.25, -0.2) is 0 Å². The normalized spacial score (nSPS) is 16.2. The molecule has 2 aromatic rings. The molecule has 0 aromatic heterocycles. The largest absolute Gasteiger partial charge is 0.354 e. The average molecular weight is 379 g/mol. The topological polar surface area (TPSA) is 78.5 Å². The third-order valence-electron chi connectivity index (χ3n) is 4.86. The van der Waals surface area contributed by atoms with Crippen LogP contribution in [0.1, 0.15) is 28.8 Å². The zero-order valence-electron chi connectivity index (χ0n) is 16.2. The molecule has 2 aromatic carbocycles. The van der Waals surface area contributed by atoms with E-state index in [4.69, 9.17) is 0 Å². The maximum absolute atomic E-state index is 12.5. The van der Waals surface area contributed by atoms with Crippen LogP contribution < -0.4 is 10.6 Å². The summed E-state index contributed by atoms with van der Waals surface area (Å²) < 4.78 is 0. The number of nitrogens with one attached hydrogen (secondary N) is 2. The van der Waals surface area contributed by atoms with E-state index >= 15 is 0 Å². The third-order valence-corrected chi connectivity index (χ3v) is 4.86. The van der Waals surface area contributed by atoms with E-state index in [1.165, 1.54) is 0 Å². The van der Waals surface area contributed by atoms with Crippen LogP contribution in [0.5, 0.6) is 0 Å². The fourth-order valence-electron chi connectivity index (χ4n) is 3.14. The Morgan fingerprint density at radius 2 is 1.86 bits per heavy atom. The van der Waals surface area contributed by atoms with Crippen molar-refractivity contribution in [1.82, 2.24) is 15.5 Å². The van der Waals surface area contributed by atoms with Crippen LogP contribution in [0, 0.1) is 0 Å². The van der Waals surface area contributed by atoms with Gasteiger partial charge in [-0.1, -0.05) is 36.4 Å². The van der Waals surface area contributed by atoms with Crippen LogP contribution in [0.25, 0.3) is 11.1 Å². The molecule has 0 radical (unpaired) electrons. The molecule has 1 aliphatic heterocycles. The molecule has 1 saturated heterocycles. The summed E-state index contributed by atoms with van der Waals surface area (Å²) in [4.78, 5) is 37.8. The van der Waals surface area contributed by atoms with Gasteiger partial charge in [0.25, 0.3) is 5.91 Å². The highest BCUT2D eigenvalue weighted by molar-refractivity contribution is 5.98. The molecule has 1 fully saturated rings. The van der Waals surface area contributed by atoms with Crippen molar-refractivity contribution in [3.8, 4) is 11.1 Å². The van der Waals surface area contributed by atoms with E-state index in [1.807, 2.05) is 42.5 Å². The summed E-state index contributed by atoms with van der Waals surface area (Å²) in [5.41, 5.74) is 3.33. The number of hydrogen-bond donors (Lipinski definition) is 2. The van der Waals surface area contributed by atoms with Gasteiger partial charge in [-0.2, -0.15) is 0 Å². The van der Waals surface area contributed by atoms with Crippen molar-refractivity contribution >= 4 is 17.7 Å². The van der Waals surface area contributed by atoms with Gasteiger partial charge < -0.3 is 15.5 Å². The highest BCUT2D eigenvalue weighted by atomic mass is 16.2. The molecule has 0 spiro atoms. The number of hydrogen-bond acceptors (Lipinski definition) is 3. The Morgan fingerprint density at radius 3 is 2.54 bits per heavy atom. The van der Waals surface area contributed by atoms with Gasteiger partial charge in [-0.15, -0.1) is 0 Å². The fraction of sp³-hybridized carbons (Fsp3) is 0.318. The standard InChI is InChI=1S/C22H25N3O3/c1-25(2)20(26)13-15-8-10-16(11-9-15)17-5-3-6-18(14-17)21(27)24-19-7-4-12-23-22(19)28/h3,5-6,8-11,14,19H,4,7,12-13H2,1-2H3,(H,23,28)(H,24,27)/t19-/m1/s1. The van der Waals surface area contributed by atoms with Crippen LogP contribution in [0.3, 0.4) is 0 Å². The molecule has 3 rings (SSSR count). The molecule has 0 saturated carbocycles. The van der Waals surface area contributed by atoms with Crippen molar-refractivity contribution in [2.24, 2.45) is 0 Å². The van der Waals surface area contributed by atoms with Gasteiger partial charge in [0, 0.05) is 26.2 Å². The summed E-state index contributed by atoms with van der Waals surface area (Å²) in [6.45, 7) is 0.664. The molecule has 146 valence electrons. The quantitative estimate of drug-likeness (QED) is 0.834. The Labute approximate surface area is 164 Å². The van der Waals surface area contributed by atoms with E-state index < -0.39 is 6.04 Å². The molecule has 6 heteroatoms. The first kappa shape index (κ1) is 19.6. The summed E-state index contributed by atoms with van der Waals surface area (Å²) in [5, 5.41) is 5.58. The minimum absolute atomic E-state index is 0.0539. The lowest BCUT2D eigenvalue weighted by atomic mass is 10.00. The minimum atomic E-state index is -0.474. The SMILES string of the molecule is CN(C)C(=O)Cc1ccc(-c2cccc(C(=O)N[C@@H]3CCCNC3=O)c2)cc1. The maximum atomic E-state index is 12.5. The first-order valence-corrected chi connectivity index (χ1v) is 9.42. The minimum Gasteiger partial charge on any atom is -0.354 e. The van der Waals surface area contributed by atoms with Crippen LogP contribution in [0.15, 0.2) is 48.5 Å². The van der Waals surface area contributed by atoms with Crippen LogP contribution in [0.2, 0.25) is 0 Å². The van der Waals surface area contributed by atoms with Gasteiger partial charge in [0.05, 0.1) is 6.42 Å². The zero-order chi connectivity index (χ0) is 20.1. The van der Waals surface area contributed by atoms with Gasteiger partial charge in [-0.3, -0.25) is 14.4 Å². The first-order chi connectivity index (χ1) is 13.4. The number of nitrogens with zero attached hydrogens (tertiary/aromatic N) is 1. The number of benzene rings is 2. The number of piperidine rings is 1. The maximum Gasteiger partial charge on any atom is 0.251 e. The Balaban J connectivity index is 1.71. The van der Waals surface area contributed by atoms with Crippen molar-refractivity contribution in [2.45, 2.75) is 25.3 Å². The molecular formula is C22H25N3O3. The van der Waals surface area contributed by atoms with Gasteiger partial charge in [0.15, 0.2) is 0 Å². The second kappa shape index (κ2) is 8.69. The number of carbonyl (C=O) groups is 3. The Kier molecular flexibility index (Phi) is 6.09. The predicted octanol–water partition coefficient (Wildman–Crippen LogP) is 1.99. The van der Waals surface area contributed by atoms with Crippen LogP contribution in [-0.4, -0.2) is 49.3 Å². The van der Waals surface area contributed by atoms with Crippen molar-refractivity contribution < 1.29 is 14.4 Å². The summed E-state index contributed by atoms with van der Waals surface area (Å²) >= 11 is 0. The fourth-order valence-corrected chi connectivity index (χ4v) is 3.14. The predicted molar refractivity (Wildman–Crippen MR) is 108 cm³/mol. The van der Waals surface area contributed by atoms with Gasteiger partial charge in [-0.05, 0) is 41.7 Å². The Hall–Kier alpha value is -3.15. The van der Waals surface area contributed by atoms with E-state index in [0.29, 0.717) is 24.9 Å². The van der Waals surface area contributed by atoms with Gasteiger partial charge in [0.2, 0.25) is 11.8 Å². The lowest BCUT2D eigenvalue weighted by Crippen LogP contribution is -2.50. The van der Waals surface area contributed by atoms with Crippen molar-refractivity contribution in [2.75, 3.05) is 20.6 Å². The molecule has 1 aliphatic rings. The lowest BCUT2D eigenvalue weighted by Gasteiger charge is -2.22. The summed E-state index contributed by atoms with van der Waals surface area (Å²) in [5.74, 6) is -0.325. The monoisotopic (exact) mass is 379 g/mol. The molecular weight excluding hydrogens is 354 g/mol. The van der Waals surface area contributed by atoms with E-state index in [-0.39, 0.29) is 17.7 Å². The van der Waals surface area contributed by atoms with Crippen molar-refractivity contribution in [3.05, 3.63) is 59.7 Å². The Bertz CT molecular complexity index is 875. The number of carbonyl (C=O) groups excluding carboxylic acids is 3. The molecule has 0 unspecified atom stereocenters. The highest BCUT2D eigenvalue weighted by Crippen LogP contribution is 2.21. The number of rotatable bonds is 5. The van der Waals surface area contributed by atoms with Crippen molar-refractivity contribution in [3.63, 3.8) is 0 Å². The highest BCUT2D eigenvalue weighted by Gasteiger charge is 2.24. The van der Waals surface area contributed by atoms with Crippen LogP contribution in [0.4, 0.5) is 0 Å². The molecule has 6 nitrogen and oxygen atoms in total. The summed E-state index contributed by atoms with van der Waals surface area (Å²) in [6, 6.07) is 14.6. The van der Waals surface area contributed by atoms with E-state index in [2.05, 4.69) is 10.6 Å². The molecule has 28 heavy (non-hydrogen) atoms. The van der Waals surface area contributed by atoms with Crippen LogP contribution >= 0.6 is 0 Å². The molecule has 1 atom stereocenters. The second-order valence-electron chi connectivity index (χ2n) is 7.20. The van der Waals surface area contributed by atoms with E-state index in [0.717, 1.165) is 23.1 Å². The molecule has 0 aliphatic carbocycles. The number of likely N-dealkylation sites (N-methyl/N-ethyl adjacent to an activating group) is 1. The molecule has 0 bridgehead atoms. The van der Waals surface area contributed by atoms with Crippen LogP contribution in [-0.2, 0) is 16.0 Å². The molecule has 2 N–H and O–H groups in total. The van der Waals surface area contributed by atoms with E-state index in [9.17, 15) is 14.4 Å². The van der Waals surface area contributed by atoms with Crippen molar-refractivity contribution in [1.29, 1.82) is 0 Å². The zero-order valence-corrected chi connectivity index (χ0v) is 16.2. The second-order valence-corrected chi connectivity index (χ2v) is 7.20. The lowest BCUT2D eigenvalue weighted by molar-refractivity contribution is -0.128. The number of amides is 3. The molecule has 1 heterocycles. The smallest absolute Gasteiger partial charge is 0.251 e. The van der Waals surface area contributed by atoms with Gasteiger partial charge in [0.1, 0.15) is 6.04 Å². The van der Waals surface area contributed by atoms with E-state index in [1.54, 1.807) is 25.1 Å². The van der Waals surface area contributed by atoms with Gasteiger partial charge >= 0.3 is 0 Å².